The van der Waals surface area contributed by atoms with E-state index in [4.69, 9.17) is 0 Å². The molecule has 80 valence electrons. The predicted molar refractivity (Wildman–Crippen MR) is 51.8 cm³/mol. The molecule has 1 aromatic heterocycles. The number of rotatable bonds is 2. The van der Waals surface area contributed by atoms with Crippen molar-refractivity contribution in [1.29, 1.82) is 0 Å². The number of nitrogens with zero attached hydrogens (tertiary/aromatic N) is 3. The monoisotopic (exact) mass is 208 g/mol. The van der Waals surface area contributed by atoms with Crippen molar-refractivity contribution < 1.29 is 9.59 Å². The normalized spacial score (nSPS) is 16.7. The van der Waals surface area contributed by atoms with Crippen LogP contribution in [0.25, 0.3) is 0 Å². The van der Waals surface area contributed by atoms with Gasteiger partial charge in [0.1, 0.15) is 5.82 Å². The van der Waals surface area contributed by atoms with Gasteiger partial charge in [0, 0.05) is 32.4 Å². The largest absolute Gasteiger partial charge is 0.337 e. The maximum Gasteiger partial charge on any atom is 0.324 e. The molecule has 0 aliphatic carbocycles. The third-order valence-corrected chi connectivity index (χ3v) is 2.40. The van der Waals surface area contributed by atoms with Gasteiger partial charge in [0.25, 0.3) is 0 Å². The van der Waals surface area contributed by atoms with Crippen molar-refractivity contribution in [1.82, 2.24) is 19.8 Å². The molecule has 6 heteroatoms. The number of amides is 3. The molecule has 1 aliphatic heterocycles. The Morgan fingerprint density at radius 3 is 2.93 bits per heavy atom. The number of nitrogens with one attached hydrogen (secondary N) is 1. The first-order chi connectivity index (χ1) is 7.16. The topological polar surface area (TPSA) is 67.2 Å². The van der Waals surface area contributed by atoms with Gasteiger partial charge in [-0.2, -0.15) is 0 Å². The highest BCUT2D eigenvalue weighted by molar-refractivity contribution is 5.96. The Bertz CT molecular complexity index is 399. The Morgan fingerprint density at radius 2 is 2.33 bits per heavy atom. The zero-order valence-corrected chi connectivity index (χ0v) is 8.43. The second-order valence-corrected chi connectivity index (χ2v) is 3.48. The van der Waals surface area contributed by atoms with Crippen molar-refractivity contribution in [3.63, 3.8) is 0 Å². The molecule has 2 heterocycles. The van der Waals surface area contributed by atoms with Crippen LogP contribution in [0.3, 0.4) is 0 Å². The fourth-order valence-electron chi connectivity index (χ4n) is 1.47. The average Bonchev–Trinajstić information content (AvgIpc) is 2.57. The molecule has 0 saturated carbocycles. The number of hydrogen-bond acceptors (Lipinski definition) is 3. The van der Waals surface area contributed by atoms with E-state index in [0.717, 1.165) is 5.82 Å². The van der Waals surface area contributed by atoms with Crippen molar-refractivity contribution in [2.75, 3.05) is 6.54 Å². The van der Waals surface area contributed by atoms with Crippen molar-refractivity contribution >= 4 is 11.9 Å². The van der Waals surface area contributed by atoms with Gasteiger partial charge in [0.15, 0.2) is 0 Å². The smallest absolute Gasteiger partial charge is 0.324 e. The molecular formula is C9H12N4O2. The molecule has 1 fully saturated rings. The highest BCUT2D eigenvalue weighted by Gasteiger charge is 2.23. The molecule has 2 rings (SSSR count). The lowest BCUT2D eigenvalue weighted by Gasteiger charge is -2.25. The minimum atomic E-state index is -0.339. The lowest BCUT2D eigenvalue weighted by atomic mass is 10.3. The van der Waals surface area contributed by atoms with E-state index in [9.17, 15) is 9.59 Å². The van der Waals surface area contributed by atoms with Crippen LogP contribution in [0.4, 0.5) is 4.79 Å². The highest BCUT2D eigenvalue weighted by atomic mass is 16.2. The summed E-state index contributed by atoms with van der Waals surface area (Å²) in [7, 11) is 1.87. The zero-order valence-electron chi connectivity index (χ0n) is 8.43. The number of hydrogen-bond donors (Lipinski definition) is 1. The van der Waals surface area contributed by atoms with Crippen LogP contribution in [0, 0.1) is 0 Å². The van der Waals surface area contributed by atoms with Crippen molar-refractivity contribution in [2.45, 2.75) is 13.0 Å². The summed E-state index contributed by atoms with van der Waals surface area (Å²) in [6.07, 6.45) is 3.86. The number of carbonyl (C=O) groups is 2. The fourth-order valence-corrected chi connectivity index (χ4v) is 1.47. The van der Waals surface area contributed by atoms with Crippen LogP contribution in [0.2, 0.25) is 0 Å². The molecule has 15 heavy (non-hydrogen) atoms. The minimum Gasteiger partial charge on any atom is -0.337 e. The predicted octanol–water partition coefficient (Wildman–Crippen LogP) is -0.138. The molecule has 0 atom stereocenters. The summed E-state index contributed by atoms with van der Waals surface area (Å²) in [4.78, 5) is 28.0. The van der Waals surface area contributed by atoms with E-state index in [0.29, 0.717) is 19.5 Å². The fraction of sp³-hybridized carbons (Fsp3) is 0.444. The Hall–Kier alpha value is -1.85. The molecule has 0 bridgehead atoms. The van der Waals surface area contributed by atoms with E-state index >= 15 is 0 Å². The maximum absolute atomic E-state index is 11.4. The van der Waals surface area contributed by atoms with E-state index in [1.807, 2.05) is 17.8 Å². The lowest BCUT2D eigenvalue weighted by Crippen LogP contribution is -2.49. The first kappa shape index (κ1) is 9.70. The molecule has 6 nitrogen and oxygen atoms in total. The van der Waals surface area contributed by atoms with Crippen LogP contribution >= 0.6 is 0 Å². The van der Waals surface area contributed by atoms with E-state index in [2.05, 4.69) is 10.3 Å². The SMILES string of the molecule is Cn1ccnc1CN1CCC(=O)NC1=O. The maximum atomic E-state index is 11.4. The van der Waals surface area contributed by atoms with Crippen LogP contribution in [0.5, 0.6) is 0 Å². The Morgan fingerprint density at radius 1 is 1.53 bits per heavy atom. The van der Waals surface area contributed by atoms with Crippen LogP contribution in [-0.2, 0) is 18.4 Å². The standard InChI is InChI=1S/C9H12N4O2/c1-12-5-3-10-7(12)6-13-4-2-8(14)11-9(13)15/h3,5H,2,4,6H2,1H3,(H,11,14,15). The van der Waals surface area contributed by atoms with Crippen LogP contribution < -0.4 is 5.32 Å². The first-order valence-electron chi connectivity index (χ1n) is 4.72. The second kappa shape index (κ2) is 3.72. The van der Waals surface area contributed by atoms with E-state index in [1.54, 1.807) is 11.1 Å². The van der Waals surface area contributed by atoms with Gasteiger partial charge in [-0.05, 0) is 0 Å². The van der Waals surface area contributed by atoms with Gasteiger partial charge in [-0.1, -0.05) is 0 Å². The number of urea groups is 1. The molecule has 0 aromatic carbocycles. The summed E-state index contributed by atoms with van der Waals surface area (Å²) in [5.41, 5.74) is 0. The second-order valence-electron chi connectivity index (χ2n) is 3.48. The average molecular weight is 208 g/mol. The summed E-state index contributed by atoms with van der Waals surface area (Å²) in [6.45, 7) is 0.889. The quantitative estimate of drug-likeness (QED) is 0.735. The summed E-state index contributed by atoms with van der Waals surface area (Å²) in [6, 6.07) is -0.339. The number of carbonyl (C=O) groups excluding carboxylic acids is 2. The molecule has 0 spiro atoms. The van der Waals surface area contributed by atoms with E-state index < -0.39 is 0 Å². The van der Waals surface area contributed by atoms with E-state index in [-0.39, 0.29) is 11.9 Å². The Balaban J connectivity index is 2.04. The van der Waals surface area contributed by atoms with Gasteiger partial charge in [-0.3, -0.25) is 10.1 Å². The molecule has 0 unspecified atom stereocenters. The molecule has 0 radical (unpaired) electrons. The van der Waals surface area contributed by atoms with Crippen molar-refractivity contribution in [3.8, 4) is 0 Å². The highest BCUT2D eigenvalue weighted by Crippen LogP contribution is 2.06. The molecule has 1 aliphatic rings. The molecule has 1 N–H and O–H groups in total. The summed E-state index contributed by atoms with van der Waals surface area (Å²) < 4.78 is 1.85. The van der Waals surface area contributed by atoms with Gasteiger partial charge in [0.2, 0.25) is 5.91 Å². The summed E-state index contributed by atoms with van der Waals surface area (Å²) >= 11 is 0. The van der Waals surface area contributed by atoms with Crippen molar-refractivity contribution in [3.05, 3.63) is 18.2 Å². The summed E-state index contributed by atoms with van der Waals surface area (Å²) in [5.74, 6) is 0.593. The zero-order chi connectivity index (χ0) is 10.8. The van der Waals surface area contributed by atoms with Crippen LogP contribution in [0.15, 0.2) is 12.4 Å². The number of aryl methyl sites for hydroxylation is 1. The van der Waals surface area contributed by atoms with Gasteiger partial charge in [-0.15, -0.1) is 0 Å². The van der Waals surface area contributed by atoms with Gasteiger partial charge in [0.05, 0.1) is 6.54 Å². The number of aromatic nitrogens is 2. The molecular weight excluding hydrogens is 196 g/mol. The number of imide groups is 1. The summed E-state index contributed by atoms with van der Waals surface area (Å²) in [5, 5.41) is 2.27. The van der Waals surface area contributed by atoms with Gasteiger partial charge < -0.3 is 9.47 Å². The molecule has 1 saturated heterocycles. The first-order valence-corrected chi connectivity index (χ1v) is 4.72. The van der Waals surface area contributed by atoms with Crippen LogP contribution in [0.1, 0.15) is 12.2 Å². The lowest BCUT2D eigenvalue weighted by molar-refractivity contribution is -0.121. The Labute approximate surface area is 86.9 Å². The van der Waals surface area contributed by atoms with Crippen LogP contribution in [-0.4, -0.2) is 32.9 Å². The van der Waals surface area contributed by atoms with Gasteiger partial charge in [-0.25, -0.2) is 9.78 Å². The van der Waals surface area contributed by atoms with E-state index in [1.165, 1.54) is 0 Å². The van der Waals surface area contributed by atoms with Crippen molar-refractivity contribution in [2.24, 2.45) is 7.05 Å². The minimum absolute atomic E-state index is 0.212. The van der Waals surface area contributed by atoms with Gasteiger partial charge >= 0.3 is 6.03 Å². The third kappa shape index (κ3) is 1.98. The third-order valence-electron chi connectivity index (χ3n) is 2.40. The number of imidazole rings is 1. The molecule has 3 amide bonds. The Kier molecular flexibility index (Phi) is 2.40. The molecule has 1 aromatic rings.